The van der Waals surface area contributed by atoms with Gasteiger partial charge in [0, 0.05) is 41.8 Å². The van der Waals surface area contributed by atoms with Crippen LogP contribution < -0.4 is 11.1 Å². The average Bonchev–Trinajstić information content (AvgIpc) is 2.63. The molecule has 1 saturated heterocycles. The lowest BCUT2D eigenvalue weighted by Gasteiger charge is -2.36. The molecule has 1 heterocycles. The molecule has 132 valence electrons. The van der Waals surface area contributed by atoms with Crippen molar-refractivity contribution in [2.24, 2.45) is 11.7 Å². The summed E-state index contributed by atoms with van der Waals surface area (Å²) in [5.74, 6) is 0.183. The third-order valence-electron chi connectivity index (χ3n) is 4.55. The molecule has 0 saturated carbocycles. The Morgan fingerprint density at radius 2 is 2.16 bits per heavy atom. The molecule has 1 fully saturated rings. The maximum Gasteiger partial charge on any atom is 0.123 e. The van der Waals surface area contributed by atoms with E-state index in [9.17, 15) is 4.39 Å². The Morgan fingerprint density at radius 1 is 1.40 bits per heavy atom. The highest BCUT2D eigenvalue weighted by molar-refractivity contribution is 8.00. The van der Waals surface area contributed by atoms with Gasteiger partial charge in [0.05, 0.1) is 0 Å². The summed E-state index contributed by atoms with van der Waals surface area (Å²) in [6.07, 6.45) is 7.10. The normalized spacial score (nSPS) is 21.6. The van der Waals surface area contributed by atoms with Gasteiger partial charge in [0.15, 0.2) is 0 Å². The number of allylic oxidation sites excluding steroid dienone is 3. The summed E-state index contributed by atoms with van der Waals surface area (Å²) in [7, 11) is 0. The molecule has 0 spiro atoms. The van der Waals surface area contributed by atoms with E-state index in [1.165, 1.54) is 23.9 Å². The van der Waals surface area contributed by atoms with Crippen molar-refractivity contribution in [3.63, 3.8) is 0 Å². The van der Waals surface area contributed by atoms with Gasteiger partial charge in [-0.15, -0.1) is 0 Å². The van der Waals surface area contributed by atoms with Crippen molar-refractivity contribution in [3.05, 3.63) is 64.1 Å². The number of hydrogen-bond acceptors (Lipinski definition) is 5. The molecular weight excluding hydrogens is 335 g/mol. The molecule has 3 rings (SSSR count). The number of nitrogens with one attached hydrogen (secondary N) is 2. The van der Waals surface area contributed by atoms with Crippen molar-refractivity contribution in [1.82, 2.24) is 4.31 Å². The number of piperidine rings is 1. The van der Waals surface area contributed by atoms with Crippen molar-refractivity contribution in [2.45, 2.75) is 19.8 Å². The van der Waals surface area contributed by atoms with Crippen LogP contribution in [0.15, 0.2) is 58.3 Å². The second kappa shape index (κ2) is 7.89. The Bertz CT molecular complexity index is 736. The second-order valence-corrected chi connectivity index (χ2v) is 7.68. The smallest absolute Gasteiger partial charge is 0.123 e. The topological polar surface area (TPSA) is 65.1 Å². The molecule has 1 atom stereocenters. The molecular formula is C19H23FN4S. The van der Waals surface area contributed by atoms with Gasteiger partial charge in [0.2, 0.25) is 0 Å². The number of hydrogen-bond donors (Lipinski definition) is 3. The largest absolute Gasteiger partial charge is 0.404 e. The minimum absolute atomic E-state index is 0.249. The Kier molecular flexibility index (Phi) is 5.60. The van der Waals surface area contributed by atoms with Crippen LogP contribution in [0, 0.1) is 17.1 Å². The van der Waals surface area contributed by atoms with Crippen LogP contribution in [-0.4, -0.2) is 23.6 Å². The molecule has 1 aliphatic carbocycles. The third-order valence-corrected chi connectivity index (χ3v) is 5.56. The number of fused-ring (bicyclic) bond motifs is 1. The quantitative estimate of drug-likeness (QED) is 0.543. The highest BCUT2D eigenvalue weighted by Gasteiger charge is 2.29. The van der Waals surface area contributed by atoms with E-state index in [0.29, 0.717) is 5.92 Å². The minimum atomic E-state index is -0.249. The molecule has 6 heteroatoms. The highest BCUT2D eigenvalue weighted by atomic mass is 32.2. The van der Waals surface area contributed by atoms with Gasteiger partial charge in [-0.2, -0.15) is 0 Å². The summed E-state index contributed by atoms with van der Waals surface area (Å²) in [5.41, 5.74) is 9.76. The van der Waals surface area contributed by atoms with Crippen molar-refractivity contribution >= 4 is 23.8 Å². The first kappa shape index (κ1) is 17.8. The van der Waals surface area contributed by atoms with Gasteiger partial charge >= 0.3 is 0 Å². The second-order valence-electron chi connectivity index (χ2n) is 6.34. The monoisotopic (exact) mass is 358 g/mol. The molecule has 4 nitrogen and oxygen atoms in total. The summed E-state index contributed by atoms with van der Waals surface area (Å²) >= 11 is 1.71. The maximum atomic E-state index is 13.1. The Morgan fingerprint density at radius 3 is 2.84 bits per heavy atom. The number of halogens is 1. The standard InChI is InChI=1S/C19H23FN4S/c1-13(10-21)25-24-7-6-14-9-19(15(11-22)8-16(14)12-24)23-18-4-2-17(20)3-5-18/h2-5,9-11,16,22-23H,6-8,12,21H2,1H3/b13-10+,22-11?. The van der Waals surface area contributed by atoms with Gasteiger partial charge in [-0.3, -0.25) is 0 Å². The minimum Gasteiger partial charge on any atom is -0.404 e. The SMILES string of the molecule is C/C(=C\N)SN1CCC2=CC(Nc3ccc(F)cc3)=C(C=N)CC2C1. The molecule has 25 heavy (non-hydrogen) atoms. The average molecular weight is 358 g/mol. The lowest BCUT2D eigenvalue weighted by atomic mass is 9.82. The van der Waals surface area contributed by atoms with E-state index < -0.39 is 0 Å². The van der Waals surface area contributed by atoms with E-state index in [2.05, 4.69) is 15.7 Å². The molecule has 1 aromatic rings. The van der Waals surface area contributed by atoms with Crippen molar-refractivity contribution in [2.75, 3.05) is 18.4 Å². The van der Waals surface area contributed by atoms with Crippen molar-refractivity contribution in [3.8, 4) is 0 Å². The van der Waals surface area contributed by atoms with Crippen LogP contribution in [0.3, 0.4) is 0 Å². The van der Waals surface area contributed by atoms with E-state index in [1.54, 1.807) is 30.3 Å². The fraction of sp³-hybridized carbons (Fsp3) is 0.316. The molecule has 4 N–H and O–H groups in total. The van der Waals surface area contributed by atoms with E-state index in [4.69, 9.17) is 11.1 Å². The lowest BCUT2D eigenvalue weighted by Crippen LogP contribution is -2.34. The van der Waals surface area contributed by atoms with Crippen LogP contribution in [0.2, 0.25) is 0 Å². The fourth-order valence-electron chi connectivity index (χ4n) is 3.21. The Balaban J connectivity index is 1.74. The van der Waals surface area contributed by atoms with Gasteiger partial charge in [0.25, 0.3) is 0 Å². The van der Waals surface area contributed by atoms with Gasteiger partial charge in [0.1, 0.15) is 5.82 Å². The first-order valence-corrected chi connectivity index (χ1v) is 9.14. The molecule has 0 bridgehead atoms. The summed E-state index contributed by atoms with van der Waals surface area (Å²) in [5, 5.41) is 11.1. The van der Waals surface area contributed by atoms with E-state index in [0.717, 1.165) is 47.8 Å². The van der Waals surface area contributed by atoms with Gasteiger partial charge in [-0.05, 0) is 73.5 Å². The first-order chi connectivity index (χ1) is 12.1. The molecule has 1 unspecified atom stereocenters. The molecule has 1 aliphatic heterocycles. The number of rotatable bonds is 5. The Labute approximate surface area is 152 Å². The van der Waals surface area contributed by atoms with E-state index >= 15 is 0 Å². The van der Waals surface area contributed by atoms with E-state index in [-0.39, 0.29) is 5.82 Å². The maximum absolute atomic E-state index is 13.1. The summed E-state index contributed by atoms with van der Waals surface area (Å²) in [6.45, 7) is 3.97. The number of nitrogens with zero attached hydrogens (tertiary/aromatic N) is 1. The van der Waals surface area contributed by atoms with Crippen LogP contribution in [0.5, 0.6) is 0 Å². The number of benzene rings is 1. The summed E-state index contributed by atoms with van der Waals surface area (Å²) < 4.78 is 15.4. The zero-order valence-electron chi connectivity index (χ0n) is 14.3. The third kappa shape index (κ3) is 4.32. The van der Waals surface area contributed by atoms with Crippen LogP contribution in [0.4, 0.5) is 10.1 Å². The first-order valence-electron chi connectivity index (χ1n) is 8.37. The summed E-state index contributed by atoms with van der Waals surface area (Å²) in [6, 6.07) is 6.31. The summed E-state index contributed by atoms with van der Waals surface area (Å²) in [4.78, 5) is 1.10. The highest BCUT2D eigenvalue weighted by Crippen LogP contribution is 2.37. The van der Waals surface area contributed by atoms with Crippen molar-refractivity contribution in [1.29, 1.82) is 5.41 Å². The predicted molar refractivity (Wildman–Crippen MR) is 104 cm³/mol. The number of anilines is 1. The molecule has 2 aliphatic rings. The molecule has 0 amide bonds. The van der Waals surface area contributed by atoms with Crippen LogP contribution in [0.25, 0.3) is 0 Å². The van der Waals surface area contributed by atoms with Crippen LogP contribution >= 0.6 is 11.9 Å². The molecule has 1 aromatic carbocycles. The molecule has 0 radical (unpaired) electrons. The van der Waals surface area contributed by atoms with Crippen molar-refractivity contribution < 1.29 is 4.39 Å². The van der Waals surface area contributed by atoms with Gasteiger partial charge in [-0.25, -0.2) is 8.70 Å². The lowest BCUT2D eigenvalue weighted by molar-refractivity contribution is 0.349. The van der Waals surface area contributed by atoms with E-state index in [1.807, 2.05) is 6.92 Å². The van der Waals surface area contributed by atoms with Crippen LogP contribution in [0.1, 0.15) is 19.8 Å². The fourth-order valence-corrected chi connectivity index (χ4v) is 4.12. The predicted octanol–water partition coefficient (Wildman–Crippen LogP) is 4.26. The van der Waals surface area contributed by atoms with Gasteiger partial charge < -0.3 is 16.5 Å². The van der Waals surface area contributed by atoms with Gasteiger partial charge in [-0.1, -0.05) is 5.57 Å². The number of nitrogens with two attached hydrogens (primary N) is 1. The zero-order valence-corrected chi connectivity index (χ0v) is 15.1. The molecule has 0 aromatic heterocycles. The Hall–Kier alpha value is -2.05. The van der Waals surface area contributed by atoms with Crippen LogP contribution in [-0.2, 0) is 0 Å². The zero-order chi connectivity index (χ0) is 17.8.